The molecule has 4 heteroatoms. The van der Waals surface area contributed by atoms with Crippen LogP contribution < -0.4 is 5.73 Å². The molecule has 0 amide bonds. The van der Waals surface area contributed by atoms with Crippen LogP contribution in [0.5, 0.6) is 0 Å². The summed E-state index contributed by atoms with van der Waals surface area (Å²) in [5.74, 6) is 0. The van der Waals surface area contributed by atoms with Crippen molar-refractivity contribution in [3.63, 3.8) is 0 Å². The van der Waals surface area contributed by atoms with E-state index in [4.69, 9.17) is 22.7 Å². The van der Waals surface area contributed by atoms with Gasteiger partial charge in [0.25, 0.3) is 0 Å². The van der Waals surface area contributed by atoms with Crippen LogP contribution in [0.3, 0.4) is 0 Å². The molecule has 0 unspecified atom stereocenters. The molecule has 1 aromatic rings. The van der Waals surface area contributed by atoms with Crippen LogP contribution >= 0.6 is 11.6 Å². The number of rotatable bonds is 2. The third-order valence-corrected chi connectivity index (χ3v) is 3.06. The van der Waals surface area contributed by atoms with E-state index < -0.39 is 0 Å². The molecule has 0 saturated heterocycles. The van der Waals surface area contributed by atoms with Gasteiger partial charge in [-0.1, -0.05) is 29.8 Å². The molecule has 16 heavy (non-hydrogen) atoms. The molecule has 2 rings (SSSR count). The van der Waals surface area contributed by atoms with Crippen LogP contribution in [0.1, 0.15) is 5.56 Å². The summed E-state index contributed by atoms with van der Waals surface area (Å²) in [5.41, 5.74) is 8.57. The molecule has 0 fully saturated rings. The summed E-state index contributed by atoms with van der Waals surface area (Å²) in [6.07, 6.45) is 2.06. The summed E-state index contributed by atoms with van der Waals surface area (Å²) in [7, 11) is 2.03. The normalized spacial score (nSPS) is 16.2. The summed E-state index contributed by atoms with van der Waals surface area (Å²) in [5, 5.41) is 8.63. The van der Waals surface area contributed by atoms with Gasteiger partial charge in [-0.15, -0.1) is 0 Å². The number of likely N-dealkylation sites (N-methyl/N-ethyl adjacent to an activating group) is 1. The fourth-order valence-electron chi connectivity index (χ4n) is 1.80. The molecule has 0 bridgehead atoms. The third-order valence-electron chi connectivity index (χ3n) is 2.73. The fourth-order valence-corrected chi connectivity index (χ4v) is 1.97. The highest BCUT2D eigenvalue weighted by Gasteiger charge is 2.17. The number of anilines is 1. The van der Waals surface area contributed by atoms with Gasteiger partial charge in [-0.25, -0.2) is 0 Å². The van der Waals surface area contributed by atoms with Crippen LogP contribution in [0, 0.1) is 5.41 Å². The number of nitrogen functional groups attached to an aromatic ring is 1. The van der Waals surface area contributed by atoms with Crippen molar-refractivity contribution in [1.29, 1.82) is 5.41 Å². The van der Waals surface area contributed by atoms with Gasteiger partial charge in [-0.2, -0.15) is 0 Å². The number of hydrogen-bond acceptors (Lipinski definition) is 3. The maximum atomic E-state index is 8.12. The quantitative estimate of drug-likeness (QED) is 0.610. The molecule has 1 aliphatic heterocycles. The van der Waals surface area contributed by atoms with E-state index in [9.17, 15) is 0 Å². The first-order chi connectivity index (χ1) is 7.59. The minimum absolute atomic E-state index is 0.476. The third kappa shape index (κ3) is 1.96. The highest BCUT2D eigenvalue weighted by Crippen LogP contribution is 2.25. The zero-order chi connectivity index (χ0) is 11.7. The van der Waals surface area contributed by atoms with Crippen molar-refractivity contribution in [3.8, 4) is 0 Å². The minimum Gasteiger partial charge on any atom is -0.397 e. The van der Waals surface area contributed by atoms with Crippen LogP contribution in [-0.4, -0.2) is 30.7 Å². The molecule has 3 N–H and O–H groups in total. The Morgan fingerprint density at radius 3 is 2.88 bits per heavy atom. The molecule has 0 saturated carbocycles. The lowest BCUT2D eigenvalue weighted by molar-refractivity contribution is 0.432. The first-order valence-electron chi connectivity index (χ1n) is 5.10. The number of halogens is 1. The van der Waals surface area contributed by atoms with E-state index in [1.54, 1.807) is 6.07 Å². The van der Waals surface area contributed by atoms with Crippen molar-refractivity contribution >= 4 is 23.0 Å². The molecule has 0 atom stereocenters. The molecule has 0 spiro atoms. The number of nitrogens with zero attached hydrogens (tertiary/aromatic N) is 1. The zero-order valence-electron chi connectivity index (χ0n) is 9.13. The van der Waals surface area contributed by atoms with E-state index >= 15 is 0 Å². The van der Waals surface area contributed by atoms with E-state index in [1.807, 2.05) is 19.2 Å². The minimum atomic E-state index is 0.476. The molecule has 0 aliphatic carbocycles. The standard InChI is InChI=1S/C12H14ClN3/c1-16-6-5-8(7-16)11(14)9-3-2-4-10(13)12(9)15/h2-5,14H,6-7,15H2,1H3. The number of hydrogen-bond donors (Lipinski definition) is 2. The first kappa shape index (κ1) is 11.2. The number of nitrogens with one attached hydrogen (secondary N) is 1. The van der Waals surface area contributed by atoms with Crippen LogP contribution in [0.15, 0.2) is 29.8 Å². The van der Waals surface area contributed by atoms with E-state index in [0.29, 0.717) is 22.0 Å². The van der Waals surface area contributed by atoms with Crippen molar-refractivity contribution < 1.29 is 0 Å². The summed E-state index contributed by atoms with van der Waals surface area (Å²) in [6.45, 7) is 1.68. The maximum absolute atomic E-state index is 8.12. The molecule has 3 nitrogen and oxygen atoms in total. The van der Waals surface area contributed by atoms with Gasteiger partial charge in [0, 0.05) is 18.7 Å². The second-order valence-corrected chi connectivity index (χ2v) is 4.41. The average Bonchev–Trinajstić information content (AvgIpc) is 2.68. The Morgan fingerprint density at radius 1 is 1.50 bits per heavy atom. The Kier molecular flexibility index (Phi) is 2.99. The number of nitrogens with two attached hydrogens (primary N) is 1. The maximum Gasteiger partial charge on any atom is 0.0675 e. The van der Waals surface area contributed by atoms with Crippen molar-refractivity contribution in [2.75, 3.05) is 25.9 Å². The molecule has 84 valence electrons. The van der Waals surface area contributed by atoms with Crippen LogP contribution in [0.2, 0.25) is 5.02 Å². The van der Waals surface area contributed by atoms with E-state index in [-0.39, 0.29) is 0 Å². The number of benzene rings is 1. The first-order valence-corrected chi connectivity index (χ1v) is 5.48. The number of para-hydroxylation sites is 1. The van der Waals surface area contributed by atoms with Crippen molar-refractivity contribution in [3.05, 3.63) is 40.4 Å². The Morgan fingerprint density at radius 2 is 2.25 bits per heavy atom. The van der Waals surface area contributed by atoms with Crippen LogP contribution in [-0.2, 0) is 0 Å². The Hall–Kier alpha value is -1.32. The monoisotopic (exact) mass is 235 g/mol. The van der Waals surface area contributed by atoms with Gasteiger partial charge >= 0.3 is 0 Å². The summed E-state index contributed by atoms with van der Waals surface area (Å²) >= 11 is 5.94. The largest absolute Gasteiger partial charge is 0.397 e. The predicted octanol–water partition coefficient (Wildman–Crippen LogP) is 2.16. The Labute approximate surface area is 100 Å². The molecule has 0 radical (unpaired) electrons. The molecule has 0 aromatic heterocycles. The second kappa shape index (κ2) is 4.28. The van der Waals surface area contributed by atoms with E-state index in [0.717, 1.165) is 18.7 Å². The lowest BCUT2D eigenvalue weighted by Gasteiger charge is -2.11. The Balaban J connectivity index is 2.32. The molecular weight excluding hydrogens is 222 g/mol. The van der Waals surface area contributed by atoms with Gasteiger partial charge in [0.2, 0.25) is 0 Å². The van der Waals surface area contributed by atoms with Crippen molar-refractivity contribution in [2.45, 2.75) is 0 Å². The topological polar surface area (TPSA) is 53.1 Å². The average molecular weight is 236 g/mol. The highest BCUT2D eigenvalue weighted by atomic mass is 35.5. The molecule has 1 aliphatic rings. The molecule has 1 aromatic carbocycles. The molecule has 1 heterocycles. The lowest BCUT2D eigenvalue weighted by atomic mass is 10.0. The van der Waals surface area contributed by atoms with Crippen molar-refractivity contribution in [2.24, 2.45) is 0 Å². The molecular formula is C12H14ClN3. The smallest absolute Gasteiger partial charge is 0.0675 e. The van der Waals surface area contributed by atoms with Gasteiger partial charge in [0.1, 0.15) is 0 Å². The van der Waals surface area contributed by atoms with Gasteiger partial charge in [0.15, 0.2) is 0 Å². The fraction of sp³-hybridized carbons (Fsp3) is 0.250. The van der Waals surface area contributed by atoms with Crippen molar-refractivity contribution in [1.82, 2.24) is 4.90 Å². The van der Waals surface area contributed by atoms with E-state index in [1.165, 1.54) is 0 Å². The summed E-state index contributed by atoms with van der Waals surface area (Å²) in [6, 6.07) is 5.40. The summed E-state index contributed by atoms with van der Waals surface area (Å²) < 4.78 is 0. The predicted molar refractivity (Wildman–Crippen MR) is 68.3 cm³/mol. The SMILES string of the molecule is CN1CC=C(C(=N)c2cccc(Cl)c2N)C1. The highest BCUT2D eigenvalue weighted by molar-refractivity contribution is 6.34. The van der Waals surface area contributed by atoms with Gasteiger partial charge in [-0.05, 0) is 18.7 Å². The van der Waals surface area contributed by atoms with Crippen LogP contribution in [0.4, 0.5) is 5.69 Å². The van der Waals surface area contributed by atoms with Crippen LogP contribution in [0.25, 0.3) is 0 Å². The Bertz CT molecular complexity index is 465. The second-order valence-electron chi connectivity index (χ2n) is 4.00. The van der Waals surface area contributed by atoms with Gasteiger partial charge < -0.3 is 5.73 Å². The zero-order valence-corrected chi connectivity index (χ0v) is 9.88. The lowest BCUT2D eigenvalue weighted by Crippen LogP contribution is -2.17. The summed E-state index contributed by atoms with van der Waals surface area (Å²) in [4.78, 5) is 2.14. The van der Waals surface area contributed by atoms with E-state index in [2.05, 4.69) is 11.0 Å². The van der Waals surface area contributed by atoms with Gasteiger partial charge in [0.05, 0.1) is 16.4 Å². The van der Waals surface area contributed by atoms with Gasteiger partial charge in [-0.3, -0.25) is 10.3 Å².